The number of allylic oxidation sites excluding steroid dienone is 1. The molecule has 1 aliphatic rings. The molecule has 0 aliphatic carbocycles. The van der Waals surface area contributed by atoms with Crippen LogP contribution in [0, 0.1) is 0 Å². The van der Waals surface area contributed by atoms with Crippen LogP contribution in [0.15, 0.2) is 66.4 Å². The number of thiazole rings is 1. The molecule has 0 saturated heterocycles. The molecule has 7 nitrogen and oxygen atoms in total. The SMILES string of the molecule is CCOC(=O)C1=C(C)N=c2s/c(=C\c3cc(Br)c(OC(C)C)c(Br)c3)c(=O)n2[C@H]1c1ccc(OCC)cc1. The third-order valence-corrected chi connectivity index (χ3v) is 7.86. The van der Waals surface area contributed by atoms with Crippen LogP contribution in [0.2, 0.25) is 0 Å². The van der Waals surface area contributed by atoms with Crippen LogP contribution >= 0.6 is 43.2 Å². The first-order chi connectivity index (χ1) is 18.1. The van der Waals surface area contributed by atoms with Gasteiger partial charge in [-0.25, -0.2) is 9.79 Å². The Bertz CT molecular complexity index is 1550. The van der Waals surface area contributed by atoms with Gasteiger partial charge in [-0.1, -0.05) is 23.5 Å². The highest BCUT2D eigenvalue weighted by molar-refractivity contribution is 9.11. The Morgan fingerprint density at radius 3 is 2.37 bits per heavy atom. The molecule has 1 aromatic heterocycles. The van der Waals surface area contributed by atoms with Crippen molar-refractivity contribution in [2.24, 2.45) is 4.99 Å². The van der Waals surface area contributed by atoms with Crippen LogP contribution < -0.4 is 24.4 Å². The van der Waals surface area contributed by atoms with Crippen molar-refractivity contribution in [1.82, 2.24) is 4.57 Å². The second-order valence-corrected chi connectivity index (χ2v) is 11.5. The standard InChI is InChI=1S/C28H28Br2N2O5S/c1-6-35-19-10-8-18(9-11-19)24-23(27(34)36-7-2)16(5)31-28-32(24)26(33)22(38-28)14-17-12-20(29)25(21(30)13-17)37-15(3)4/h8-15,24H,6-7H2,1-5H3/b22-14-/t24-/m0/s1. The third-order valence-electron chi connectivity index (χ3n) is 5.70. The number of carbonyl (C=O) groups is 1. The lowest BCUT2D eigenvalue weighted by molar-refractivity contribution is -0.139. The molecule has 2 heterocycles. The molecule has 0 unspecified atom stereocenters. The number of hydrogen-bond acceptors (Lipinski definition) is 7. The van der Waals surface area contributed by atoms with E-state index in [1.807, 2.05) is 63.2 Å². The number of benzene rings is 2. The summed E-state index contributed by atoms with van der Waals surface area (Å²) in [5.74, 6) is 0.919. The fraction of sp³-hybridized carbons (Fsp3) is 0.321. The van der Waals surface area contributed by atoms with Crippen molar-refractivity contribution in [2.45, 2.75) is 46.8 Å². The summed E-state index contributed by atoms with van der Waals surface area (Å²) >= 11 is 8.43. The summed E-state index contributed by atoms with van der Waals surface area (Å²) < 4.78 is 20.4. The zero-order valence-electron chi connectivity index (χ0n) is 21.7. The Morgan fingerprint density at radius 1 is 1.13 bits per heavy atom. The van der Waals surface area contributed by atoms with Crippen molar-refractivity contribution < 1.29 is 19.0 Å². The zero-order valence-corrected chi connectivity index (χ0v) is 25.7. The van der Waals surface area contributed by atoms with Crippen LogP contribution in [0.4, 0.5) is 0 Å². The minimum Gasteiger partial charge on any atom is -0.494 e. The van der Waals surface area contributed by atoms with Gasteiger partial charge in [0.1, 0.15) is 11.5 Å². The van der Waals surface area contributed by atoms with E-state index >= 15 is 0 Å². The lowest BCUT2D eigenvalue weighted by Gasteiger charge is -2.24. The maximum Gasteiger partial charge on any atom is 0.338 e. The molecule has 0 radical (unpaired) electrons. The van der Waals surface area contributed by atoms with Gasteiger partial charge in [0.25, 0.3) is 5.56 Å². The zero-order chi connectivity index (χ0) is 27.6. The molecule has 0 fully saturated rings. The lowest BCUT2D eigenvalue weighted by atomic mass is 9.96. The minimum atomic E-state index is -0.677. The maximum atomic E-state index is 13.8. The summed E-state index contributed by atoms with van der Waals surface area (Å²) in [5, 5.41) is 0. The Labute approximate surface area is 241 Å². The molecule has 10 heteroatoms. The van der Waals surface area contributed by atoms with Crippen LogP contribution in [-0.4, -0.2) is 29.9 Å². The first-order valence-electron chi connectivity index (χ1n) is 12.2. The van der Waals surface area contributed by atoms with Crippen molar-refractivity contribution in [3.63, 3.8) is 0 Å². The van der Waals surface area contributed by atoms with Gasteiger partial charge in [0.05, 0.1) is 50.1 Å². The molecule has 3 aromatic rings. The minimum absolute atomic E-state index is 0.0107. The van der Waals surface area contributed by atoms with Gasteiger partial charge < -0.3 is 14.2 Å². The number of hydrogen-bond donors (Lipinski definition) is 0. The molecule has 4 rings (SSSR count). The van der Waals surface area contributed by atoms with Gasteiger partial charge in [-0.2, -0.15) is 0 Å². The third kappa shape index (κ3) is 5.82. The fourth-order valence-electron chi connectivity index (χ4n) is 4.18. The average molecular weight is 664 g/mol. The van der Waals surface area contributed by atoms with E-state index in [1.54, 1.807) is 18.4 Å². The molecule has 1 atom stereocenters. The largest absolute Gasteiger partial charge is 0.494 e. The monoisotopic (exact) mass is 662 g/mol. The van der Waals surface area contributed by atoms with Crippen molar-refractivity contribution >= 4 is 55.2 Å². The molecule has 200 valence electrons. The van der Waals surface area contributed by atoms with Gasteiger partial charge >= 0.3 is 5.97 Å². The molecule has 0 bridgehead atoms. The highest BCUT2D eigenvalue weighted by Crippen LogP contribution is 2.36. The Balaban J connectivity index is 1.88. The van der Waals surface area contributed by atoms with E-state index < -0.39 is 12.0 Å². The molecule has 2 aromatic carbocycles. The summed E-state index contributed by atoms with van der Waals surface area (Å²) in [6.07, 6.45) is 1.83. The van der Waals surface area contributed by atoms with Crippen LogP contribution in [0.3, 0.4) is 0 Å². The van der Waals surface area contributed by atoms with Gasteiger partial charge in [-0.05, 0) is 108 Å². The fourth-order valence-corrected chi connectivity index (χ4v) is 6.64. The number of halogens is 2. The number of fused-ring (bicyclic) bond motifs is 1. The average Bonchev–Trinajstić information content (AvgIpc) is 3.15. The van der Waals surface area contributed by atoms with Gasteiger partial charge in [-0.15, -0.1) is 0 Å². The smallest absolute Gasteiger partial charge is 0.338 e. The highest BCUT2D eigenvalue weighted by atomic mass is 79.9. The Kier molecular flexibility index (Phi) is 8.95. The normalized spacial score (nSPS) is 15.4. The van der Waals surface area contributed by atoms with Gasteiger partial charge in [0.15, 0.2) is 4.80 Å². The van der Waals surface area contributed by atoms with E-state index in [-0.39, 0.29) is 18.3 Å². The second kappa shape index (κ2) is 12.0. The number of ether oxygens (including phenoxy) is 3. The van der Waals surface area contributed by atoms with Crippen LogP contribution in [0.25, 0.3) is 6.08 Å². The van der Waals surface area contributed by atoms with E-state index in [0.717, 1.165) is 20.1 Å². The molecule has 0 N–H and O–H groups in total. The van der Waals surface area contributed by atoms with Gasteiger partial charge in [0, 0.05) is 0 Å². The number of nitrogens with zero attached hydrogens (tertiary/aromatic N) is 2. The summed E-state index contributed by atoms with van der Waals surface area (Å²) in [6.45, 7) is 10.1. The summed E-state index contributed by atoms with van der Waals surface area (Å²) in [6, 6.07) is 10.5. The van der Waals surface area contributed by atoms with E-state index in [1.165, 1.54) is 11.3 Å². The number of rotatable bonds is 8. The predicted octanol–water partition coefficient (Wildman–Crippen LogP) is 5.51. The highest BCUT2D eigenvalue weighted by Gasteiger charge is 2.33. The predicted molar refractivity (Wildman–Crippen MR) is 156 cm³/mol. The molecular weight excluding hydrogens is 636 g/mol. The van der Waals surface area contributed by atoms with Crippen molar-refractivity contribution in [2.75, 3.05) is 13.2 Å². The van der Waals surface area contributed by atoms with Crippen molar-refractivity contribution in [1.29, 1.82) is 0 Å². The number of aromatic nitrogens is 1. The molecule has 0 spiro atoms. The molecule has 0 amide bonds. The summed E-state index contributed by atoms with van der Waals surface area (Å²) in [7, 11) is 0. The Morgan fingerprint density at radius 2 is 1.79 bits per heavy atom. The molecule has 38 heavy (non-hydrogen) atoms. The first kappa shape index (κ1) is 28.3. The molecule has 1 aliphatic heterocycles. The van der Waals surface area contributed by atoms with Gasteiger partial charge in [0.2, 0.25) is 0 Å². The molecular formula is C28H28Br2N2O5S. The summed E-state index contributed by atoms with van der Waals surface area (Å²) in [5.41, 5.74) is 2.20. The quantitative estimate of drug-likeness (QED) is 0.297. The van der Waals surface area contributed by atoms with Crippen LogP contribution in [0.5, 0.6) is 11.5 Å². The van der Waals surface area contributed by atoms with E-state index in [9.17, 15) is 9.59 Å². The second-order valence-electron chi connectivity index (χ2n) is 8.78. The van der Waals surface area contributed by atoms with Crippen molar-refractivity contribution in [3.8, 4) is 11.5 Å². The lowest BCUT2D eigenvalue weighted by Crippen LogP contribution is -2.39. The topological polar surface area (TPSA) is 79.1 Å². The number of esters is 1. The van der Waals surface area contributed by atoms with Gasteiger partial charge in [-0.3, -0.25) is 9.36 Å². The maximum absolute atomic E-state index is 13.8. The van der Waals surface area contributed by atoms with Crippen molar-refractivity contribution in [3.05, 3.63) is 87.4 Å². The summed E-state index contributed by atoms with van der Waals surface area (Å²) in [4.78, 5) is 32.0. The first-order valence-corrected chi connectivity index (χ1v) is 14.6. The van der Waals surface area contributed by atoms with E-state index in [2.05, 4.69) is 36.9 Å². The van der Waals surface area contributed by atoms with Crippen LogP contribution in [0.1, 0.15) is 51.8 Å². The van der Waals surface area contributed by atoms with E-state index in [4.69, 9.17) is 14.2 Å². The Hall–Kier alpha value is -2.69. The number of carbonyl (C=O) groups excluding carboxylic acids is 1. The molecule has 0 saturated carbocycles. The van der Waals surface area contributed by atoms with Crippen LogP contribution in [-0.2, 0) is 9.53 Å². The van der Waals surface area contributed by atoms with E-state index in [0.29, 0.717) is 38.7 Å².